The Morgan fingerprint density at radius 1 is 1.20 bits per heavy atom. The fourth-order valence-corrected chi connectivity index (χ4v) is 2.99. The van der Waals surface area contributed by atoms with Gasteiger partial charge in [0.25, 0.3) is 0 Å². The zero-order valence-corrected chi connectivity index (χ0v) is 13.5. The van der Waals surface area contributed by atoms with E-state index in [2.05, 4.69) is 25.2 Å². The van der Waals surface area contributed by atoms with Gasteiger partial charge in [-0.15, -0.1) is 0 Å². The van der Waals surface area contributed by atoms with Gasteiger partial charge in [-0.3, -0.25) is 9.89 Å². The predicted octanol–water partition coefficient (Wildman–Crippen LogP) is 1.99. The van der Waals surface area contributed by atoms with Crippen molar-refractivity contribution >= 4 is 11.9 Å². The molecule has 1 aromatic carbocycles. The predicted molar refractivity (Wildman–Crippen MR) is 92.1 cm³/mol. The number of allylic oxidation sites excluding steroid dienone is 1. The maximum absolute atomic E-state index is 13.1. The van der Waals surface area contributed by atoms with Crippen LogP contribution < -0.4 is 5.32 Å². The Hall–Kier alpha value is -2.64. The summed E-state index contributed by atoms with van der Waals surface area (Å²) in [7, 11) is 0. The molecule has 0 aliphatic carbocycles. The number of benzene rings is 1. The Morgan fingerprint density at radius 2 is 2.08 bits per heavy atom. The van der Waals surface area contributed by atoms with Crippen molar-refractivity contribution < 1.29 is 9.13 Å². The monoisotopic (exact) mass is 339 g/mol. The highest BCUT2D eigenvalue weighted by Gasteiger charge is 2.28. The second-order valence-corrected chi connectivity index (χ2v) is 5.90. The van der Waals surface area contributed by atoms with Crippen LogP contribution in [0.1, 0.15) is 17.4 Å². The first-order valence-electron chi connectivity index (χ1n) is 8.17. The van der Waals surface area contributed by atoms with E-state index in [1.165, 1.54) is 18.5 Å². The van der Waals surface area contributed by atoms with Crippen molar-refractivity contribution in [3.05, 3.63) is 66.0 Å². The van der Waals surface area contributed by atoms with Crippen molar-refractivity contribution in [2.45, 2.75) is 12.4 Å². The minimum Gasteiger partial charge on any atom is -0.371 e. The molecular weight excluding hydrogens is 321 g/mol. The molecule has 7 heteroatoms. The molecule has 4 rings (SSSR count). The highest BCUT2D eigenvalue weighted by atomic mass is 19.1. The van der Waals surface area contributed by atoms with E-state index >= 15 is 0 Å². The molecule has 0 spiro atoms. The molecule has 128 valence electrons. The summed E-state index contributed by atoms with van der Waals surface area (Å²) in [5.74, 6) is -0.241. The van der Waals surface area contributed by atoms with Crippen molar-refractivity contribution in [1.82, 2.24) is 20.2 Å². The topological polar surface area (TPSA) is 62.6 Å². The van der Waals surface area contributed by atoms with E-state index < -0.39 is 0 Å². The van der Waals surface area contributed by atoms with Crippen molar-refractivity contribution in [2.75, 3.05) is 19.7 Å². The average Bonchev–Trinajstić information content (AvgIpc) is 2.69. The van der Waals surface area contributed by atoms with Crippen LogP contribution in [0.4, 0.5) is 4.39 Å². The van der Waals surface area contributed by atoms with Gasteiger partial charge in [-0.1, -0.05) is 12.1 Å². The lowest BCUT2D eigenvalue weighted by Crippen LogP contribution is -2.50. The minimum absolute atomic E-state index is 0.0974. The Labute approximate surface area is 145 Å². The first-order chi connectivity index (χ1) is 12.3. The van der Waals surface area contributed by atoms with E-state index in [0.717, 1.165) is 23.5 Å². The molecule has 6 nitrogen and oxygen atoms in total. The second kappa shape index (κ2) is 7.08. The molecule has 0 bridgehead atoms. The number of ether oxygens (including phenoxy) is 1. The Bertz CT molecular complexity index is 778. The highest BCUT2D eigenvalue weighted by molar-refractivity contribution is 5.84. The average molecular weight is 339 g/mol. The van der Waals surface area contributed by atoms with Crippen molar-refractivity contribution in [2.24, 2.45) is 4.99 Å². The maximum atomic E-state index is 13.1. The number of hydrogen-bond acceptors (Lipinski definition) is 6. The molecule has 2 aliphatic heterocycles. The van der Waals surface area contributed by atoms with Crippen LogP contribution in [-0.4, -0.2) is 47.1 Å². The number of morpholine rings is 1. The number of halogens is 1. The minimum atomic E-state index is -0.241. The number of hydrogen-bond donors (Lipinski definition) is 1. The van der Waals surface area contributed by atoms with Crippen LogP contribution in [0, 0.1) is 5.82 Å². The van der Waals surface area contributed by atoms with Crippen LogP contribution in [0.5, 0.6) is 0 Å². The smallest absolute Gasteiger partial charge is 0.176 e. The third-order valence-corrected chi connectivity index (χ3v) is 4.30. The normalized spacial score (nSPS) is 23.8. The van der Waals surface area contributed by atoms with E-state index in [9.17, 15) is 4.39 Å². The molecular formula is C18H18FN5O. The molecule has 0 amide bonds. The number of rotatable bonds is 3. The van der Waals surface area contributed by atoms with Crippen LogP contribution >= 0.6 is 0 Å². The summed E-state index contributed by atoms with van der Waals surface area (Å²) < 4.78 is 19.0. The second-order valence-electron chi connectivity index (χ2n) is 5.90. The first-order valence-corrected chi connectivity index (χ1v) is 8.17. The lowest BCUT2D eigenvalue weighted by molar-refractivity contribution is -0.0464. The SMILES string of the molecule is Fc1ccc([C@H]2CN(C3N=CC=C(c4ccncn4)N3)CCO2)cc1. The van der Waals surface area contributed by atoms with Gasteiger partial charge in [-0.25, -0.2) is 14.4 Å². The largest absolute Gasteiger partial charge is 0.371 e. The van der Waals surface area contributed by atoms with Crippen molar-refractivity contribution in [3.63, 3.8) is 0 Å². The zero-order chi connectivity index (χ0) is 17.1. The van der Waals surface area contributed by atoms with Crippen LogP contribution in [-0.2, 0) is 4.74 Å². The van der Waals surface area contributed by atoms with Crippen molar-refractivity contribution in [3.8, 4) is 0 Å². The van der Waals surface area contributed by atoms with Crippen LogP contribution in [0.2, 0.25) is 0 Å². The molecule has 2 atom stereocenters. The van der Waals surface area contributed by atoms with Gasteiger partial charge >= 0.3 is 0 Å². The van der Waals surface area contributed by atoms with Gasteiger partial charge < -0.3 is 10.1 Å². The molecule has 2 aliphatic rings. The Morgan fingerprint density at radius 3 is 2.88 bits per heavy atom. The van der Waals surface area contributed by atoms with Gasteiger partial charge in [0.15, 0.2) is 6.29 Å². The summed E-state index contributed by atoms with van der Waals surface area (Å²) in [5.41, 5.74) is 2.71. The van der Waals surface area contributed by atoms with E-state index in [1.807, 2.05) is 12.1 Å². The van der Waals surface area contributed by atoms with E-state index in [1.54, 1.807) is 24.5 Å². The molecule has 1 N–H and O–H groups in total. The molecule has 3 heterocycles. The summed E-state index contributed by atoms with van der Waals surface area (Å²) in [6.07, 6.45) is 6.65. The Balaban J connectivity index is 1.46. The van der Waals surface area contributed by atoms with Gasteiger partial charge in [-0.2, -0.15) is 0 Å². The van der Waals surface area contributed by atoms with Crippen LogP contribution in [0.25, 0.3) is 5.70 Å². The molecule has 1 unspecified atom stereocenters. The fourth-order valence-electron chi connectivity index (χ4n) is 2.99. The van der Waals surface area contributed by atoms with Gasteiger partial charge in [0.2, 0.25) is 0 Å². The quantitative estimate of drug-likeness (QED) is 0.927. The van der Waals surface area contributed by atoms with Crippen LogP contribution in [0.3, 0.4) is 0 Å². The highest BCUT2D eigenvalue weighted by Crippen LogP contribution is 2.24. The standard InChI is InChI=1S/C18H18FN5O/c19-14-3-1-13(2-4-14)17-11-24(9-10-25-17)18-21-8-6-16(23-18)15-5-7-20-12-22-15/h1-8,12,17-18,23H,9-11H2/t17-,18?/m1/s1. The molecule has 25 heavy (non-hydrogen) atoms. The van der Waals surface area contributed by atoms with Gasteiger partial charge in [0, 0.05) is 25.5 Å². The number of aromatic nitrogens is 2. The third kappa shape index (κ3) is 3.57. The lowest BCUT2D eigenvalue weighted by atomic mass is 10.1. The van der Waals surface area contributed by atoms with Crippen LogP contribution in [0.15, 0.2) is 53.9 Å². The molecule has 0 saturated carbocycles. The summed E-state index contributed by atoms with van der Waals surface area (Å²) in [6, 6.07) is 8.32. The summed E-state index contributed by atoms with van der Waals surface area (Å²) in [5, 5.41) is 3.40. The number of nitrogens with zero attached hydrogens (tertiary/aromatic N) is 4. The molecule has 1 fully saturated rings. The Kier molecular flexibility index (Phi) is 4.49. The maximum Gasteiger partial charge on any atom is 0.176 e. The number of nitrogens with one attached hydrogen (secondary N) is 1. The van der Waals surface area contributed by atoms with E-state index in [0.29, 0.717) is 13.2 Å². The van der Waals surface area contributed by atoms with Gasteiger partial charge in [0.05, 0.1) is 24.1 Å². The third-order valence-electron chi connectivity index (χ3n) is 4.30. The summed E-state index contributed by atoms with van der Waals surface area (Å²) >= 11 is 0. The van der Waals surface area contributed by atoms with E-state index in [4.69, 9.17) is 4.74 Å². The molecule has 0 radical (unpaired) electrons. The summed E-state index contributed by atoms with van der Waals surface area (Å²) in [4.78, 5) is 15.0. The van der Waals surface area contributed by atoms with Crippen molar-refractivity contribution in [1.29, 1.82) is 0 Å². The van der Waals surface area contributed by atoms with Gasteiger partial charge in [-0.05, 0) is 29.8 Å². The molecule has 2 aromatic rings. The van der Waals surface area contributed by atoms with E-state index in [-0.39, 0.29) is 18.2 Å². The number of aliphatic imine (C=N–C) groups is 1. The fraction of sp³-hybridized carbons (Fsp3) is 0.278. The molecule has 1 saturated heterocycles. The van der Waals surface area contributed by atoms with Gasteiger partial charge in [0.1, 0.15) is 12.1 Å². The summed E-state index contributed by atoms with van der Waals surface area (Å²) in [6.45, 7) is 2.05. The zero-order valence-electron chi connectivity index (χ0n) is 13.5. The first kappa shape index (κ1) is 15.9. The molecule has 1 aromatic heterocycles. The lowest BCUT2D eigenvalue weighted by Gasteiger charge is -2.38.